The van der Waals surface area contributed by atoms with Gasteiger partial charge >= 0.3 is 0 Å². The Labute approximate surface area is 115 Å². The summed E-state index contributed by atoms with van der Waals surface area (Å²) in [6.07, 6.45) is 0.996. The number of benzene rings is 2. The second kappa shape index (κ2) is 6.01. The van der Waals surface area contributed by atoms with E-state index in [-0.39, 0.29) is 5.82 Å². The summed E-state index contributed by atoms with van der Waals surface area (Å²) in [4.78, 5) is 0. The minimum Gasteiger partial charge on any atom is -0.381 e. The Morgan fingerprint density at radius 2 is 1.94 bits per heavy atom. The summed E-state index contributed by atoms with van der Waals surface area (Å²) in [5.41, 5.74) is 3.48. The third kappa shape index (κ3) is 3.10. The second-order valence-electron chi connectivity index (χ2n) is 4.11. The fourth-order valence-electron chi connectivity index (χ4n) is 1.85. The molecule has 0 aliphatic carbocycles. The summed E-state index contributed by atoms with van der Waals surface area (Å²) in [6, 6.07) is 13.3. The van der Waals surface area contributed by atoms with Gasteiger partial charge in [0, 0.05) is 12.2 Å². The number of para-hydroxylation sites is 1. The largest absolute Gasteiger partial charge is 0.381 e. The van der Waals surface area contributed by atoms with Gasteiger partial charge in [0.05, 0.1) is 4.47 Å². The molecule has 0 aliphatic heterocycles. The molecule has 0 aromatic heterocycles. The van der Waals surface area contributed by atoms with E-state index in [9.17, 15) is 4.39 Å². The Hall–Kier alpha value is -1.35. The third-order valence-corrected chi connectivity index (χ3v) is 3.47. The molecule has 1 nitrogen and oxygen atoms in total. The van der Waals surface area contributed by atoms with E-state index < -0.39 is 0 Å². The molecule has 0 aliphatic rings. The fraction of sp³-hybridized carbons (Fsp3) is 0.200. The van der Waals surface area contributed by atoms with Crippen molar-refractivity contribution in [3.63, 3.8) is 0 Å². The molecular formula is C15H15BrFN. The first-order chi connectivity index (χ1) is 8.70. The van der Waals surface area contributed by atoms with Crippen molar-refractivity contribution in [2.45, 2.75) is 19.9 Å². The molecular weight excluding hydrogens is 293 g/mol. The van der Waals surface area contributed by atoms with Gasteiger partial charge in [0.2, 0.25) is 0 Å². The van der Waals surface area contributed by atoms with Crippen molar-refractivity contribution >= 4 is 21.6 Å². The molecule has 0 unspecified atom stereocenters. The minimum atomic E-state index is -0.229. The molecule has 94 valence electrons. The van der Waals surface area contributed by atoms with Gasteiger partial charge in [-0.15, -0.1) is 0 Å². The van der Waals surface area contributed by atoms with E-state index in [1.165, 1.54) is 11.6 Å². The van der Waals surface area contributed by atoms with E-state index in [4.69, 9.17) is 0 Å². The Balaban J connectivity index is 2.09. The zero-order valence-electron chi connectivity index (χ0n) is 10.2. The molecule has 2 aromatic rings. The Kier molecular flexibility index (Phi) is 4.37. The molecule has 0 atom stereocenters. The van der Waals surface area contributed by atoms with Crippen LogP contribution in [-0.4, -0.2) is 0 Å². The van der Waals surface area contributed by atoms with E-state index in [1.54, 1.807) is 12.1 Å². The summed E-state index contributed by atoms with van der Waals surface area (Å²) in [6.45, 7) is 2.82. The molecule has 3 heteroatoms. The molecule has 0 amide bonds. The molecule has 0 saturated carbocycles. The predicted octanol–water partition coefficient (Wildman–Crippen LogP) is 4.76. The summed E-state index contributed by atoms with van der Waals surface area (Å²) >= 11 is 3.20. The lowest BCUT2D eigenvalue weighted by Crippen LogP contribution is -2.02. The van der Waals surface area contributed by atoms with Crippen LogP contribution in [0.2, 0.25) is 0 Å². The number of nitrogens with one attached hydrogen (secondary N) is 1. The monoisotopic (exact) mass is 307 g/mol. The molecule has 0 bridgehead atoms. The summed E-state index contributed by atoms with van der Waals surface area (Å²) in [5.74, 6) is -0.229. The summed E-state index contributed by atoms with van der Waals surface area (Å²) in [5, 5.41) is 3.38. The summed E-state index contributed by atoms with van der Waals surface area (Å²) in [7, 11) is 0. The van der Waals surface area contributed by atoms with Gasteiger partial charge in [-0.1, -0.05) is 31.2 Å². The van der Waals surface area contributed by atoms with Crippen molar-refractivity contribution in [2.75, 3.05) is 5.32 Å². The highest BCUT2D eigenvalue weighted by Gasteiger charge is 2.02. The maximum absolute atomic E-state index is 13.1. The van der Waals surface area contributed by atoms with E-state index in [2.05, 4.69) is 40.3 Å². The Bertz CT molecular complexity index is 540. The quantitative estimate of drug-likeness (QED) is 0.858. The van der Waals surface area contributed by atoms with Gasteiger partial charge in [-0.2, -0.15) is 0 Å². The minimum absolute atomic E-state index is 0.229. The van der Waals surface area contributed by atoms with Crippen molar-refractivity contribution in [1.29, 1.82) is 0 Å². The predicted molar refractivity (Wildman–Crippen MR) is 77.2 cm³/mol. The van der Waals surface area contributed by atoms with Crippen molar-refractivity contribution in [3.05, 3.63) is 63.9 Å². The third-order valence-electron chi connectivity index (χ3n) is 2.87. The number of rotatable bonds is 4. The van der Waals surface area contributed by atoms with Gasteiger partial charge in [-0.05, 0) is 51.7 Å². The smallest absolute Gasteiger partial charge is 0.137 e. The van der Waals surface area contributed by atoms with Crippen molar-refractivity contribution in [3.8, 4) is 0 Å². The van der Waals surface area contributed by atoms with Crippen LogP contribution >= 0.6 is 15.9 Å². The van der Waals surface area contributed by atoms with Crippen molar-refractivity contribution in [2.24, 2.45) is 0 Å². The Morgan fingerprint density at radius 1 is 1.17 bits per heavy atom. The van der Waals surface area contributed by atoms with E-state index >= 15 is 0 Å². The van der Waals surface area contributed by atoms with E-state index in [0.717, 1.165) is 17.7 Å². The lowest BCUT2D eigenvalue weighted by atomic mass is 10.1. The molecule has 0 radical (unpaired) electrons. The van der Waals surface area contributed by atoms with Gasteiger partial charge in [-0.25, -0.2) is 4.39 Å². The topological polar surface area (TPSA) is 12.0 Å². The number of halogens is 2. The van der Waals surface area contributed by atoms with Gasteiger partial charge in [0.1, 0.15) is 5.82 Å². The average Bonchev–Trinajstić information content (AvgIpc) is 2.40. The fourth-order valence-corrected chi connectivity index (χ4v) is 2.27. The van der Waals surface area contributed by atoms with E-state index in [1.807, 2.05) is 12.1 Å². The highest BCUT2D eigenvalue weighted by atomic mass is 79.9. The number of hydrogen-bond acceptors (Lipinski definition) is 1. The SMILES string of the molecule is CCc1ccccc1NCc1ccc(F)c(Br)c1. The van der Waals surface area contributed by atoms with Crippen LogP contribution in [0.1, 0.15) is 18.1 Å². The second-order valence-corrected chi connectivity index (χ2v) is 4.97. The molecule has 2 aromatic carbocycles. The van der Waals surface area contributed by atoms with Gasteiger partial charge in [0.25, 0.3) is 0 Å². The highest BCUT2D eigenvalue weighted by Crippen LogP contribution is 2.19. The number of anilines is 1. The zero-order valence-corrected chi connectivity index (χ0v) is 11.8. The maximum atomic E-state index is 13.1. The van der Waals surface area contributed by atoms with Crippen LogP contribution in [0.25, 0.3) is 0 Å². The van der Waals surface area contributed by atoms with Gasteiger partial charge in [-0.3, -0.25) is 0 Å². The lowest BCUT2D eigenvalue weighted by Gasteiger charge is -2.11. The number of aryl methyl sites for hydroxylation is 1. The van der Waals surface area contributed by atoms with Crippen LogP contribution in [0.3, 0.4) is 0 Å². The maximum Gasteiger partial charge on any atom is 0.137 e. The molecule has 0 fully saturated rings. The van der Waals surface area contributed by atoms with E-state index in [0.29, 0.717) is 11.0 Å². The van der Waals surface area contributed by atoms with Crippen LogP contribution in [0.5, 0.6) is 0 Å². The number of hydrogen-bond donors (Lipinski definition) is 1. The van der Waals surface area contributed by atoms with Crippen LogP contribution in [-0.2, 0) is 13.0 Å². The standard InChI is InChI=1S/C15H15BrFN/c1-2-12-5-3-4-6-15(12)18-10-11-7-8-14(17)13(16)9-11/h3-9,18H,2,10H2,1H3. The average molecular weight is 308 g/mol. The van der Waals surface area contributed by atoms with Gasteiger partial charge in [0.15, 0.2) is 0 Å². The Morgan fingerprint density at radius 3 is 2.67 bits per heavy atom. The molecule has 18 heavy (non-hydrogen) atoms. The molecule has 2 rings (SSSR count). The molecule has 1 N–H and O–H groups in total. The van der Waals surface area contributed by atoms with Crippen LogP contribution in [0, 0.1) is 5.82 Å². The first kappa shape index (κ1) is 13.1. The van der Waals surface area contributed by atoms with Crippen LogP contribution in [0.15, 0.2) is 46.9 Å². The van der Waals surface area contributed by atoms with Gasteiger partial charge < -0.3 is 5.32 Å². The molecule has 0 saturated heterocycles. The summed E-state index contributed by atoms with van der Waals surface area (Å²) < 4.78 is 13.6. The lowest BCUT2D eigenvalue weighted by molar-refractivity contribution is 0.620. The van der Waals surface area contributed by atoms with Crippen molar-refractivity contribution in [1.82, 2.24) is 0 Å². The molecule has 0 spiro atoms. The van der Waals surface area contributed by atoms with Crippen LogP contribution in [0.4, 0.5) is 10.1 Å². The zero-order chi connectivity index (χ0) is 13.0. The normalized spacial score (nSPS) is 10.4. The first-order valence-corrected chi connectivity index (χ1v) is 6.75. The highest BCUT2D eigenvalue weighted by molar-refractivity contribution is 9.10. The van der Waals surface area contributed by atoms with Crippen molar-refractivity contribution < 1.29 is 4.39 Å². The molecule has 0 heterocycles. The van der Waals surface area contributed by atoms with Crippen LogP contribution < -0.4 is 5.32 Å². The first-order valence-electron chi connectivity index (χ1n) is 5.96.